The number of allylic oxidation sites excluding steroid dienone is 1. The van der Waals surface area contributed by atoms with Crippen LogP contribution in [0.3, 0.4) is 0 Å². The van der Waals surface area contributed by atoms with Crippen LogP contribution in [0.15, 0.2) is 30.9 Å². The average molecular weight is 229 g/mol. The summed E-state index contributed by atoms with van der Waals surface area (Å²) in [5.74, 6) is 0.644. The van der Waals surface area contributed by atoms with Gasteiger partial charge in [0.05, 0.1) is 0 Å². The van der Waals surface area contributed by atoms with Crippen LogP contribution < -0.4 is 5.32 Å². The van der Waals surface area contributed by atoms with Crippen molar-refractivity contribution in [1.82, 2.24) is 10.3 Å². The number of nitrogens with one attached hydrogen (secondary N) is 3. The highest BCUT2D eigenvalue weighted by molar-refractivity contribution is 5.59. The lowest BCUT2D eigenvalue weighted by Gasteiger charge is -2.28. The standard InChI is InChI=1S/C14H19N3/c1-3-12-5-7-14(17-12)10-4-6-13(16-2)11(8-10)9-15/h3-7,9-11,13,15-17H,1,8H2,2H3. The first-order chi connectivity index (χ1) is 8.28. The minimum Gasteiger partial charge on any atom is -0.358 e. The molecule has 0 bridgehead atoms. The minimum atomic E-state index is 0.269. The molecule has 0 saturated heterocycles. The Kier molecular flexibility index (Phi) is 3.59. The molecule has 0 spiro atoms. The van der Waals surface area contributed by atoms with Crippen LogP contribution >= 0.6 is 0 Å². The van der Waals surface area contributed by atoms with E-state index in [-0.39, 0.29) is 12.0 Å². The molecule has 3 atom stereocenters. The van der Waals surface area contributed by atoms with E-state index in [1.165, 1.54) is 5.69 Å². The molecule has 1 aliphatic carbocycles. The molecule has 0 aliphatic heterocycles. The quantitative estimate of drug-likeness (QED) is 0.539. The van der Waals surface area contributed by atoms with Crippen LogP contribution in [0.4, 0.5) is 0 Å². The summed E-state index contributed by atoms with van der Waals surface area (Å²) < 4.78 is 0. The first kappa shape index (κ1) is 11.9. The molecular formula is C14H19N3. The first-order valence-electron chi connectivity index (χ1n) is 5.96. The van der Waals surface area contributed by atoms with E-state index in [0.717, 1.165) is 12.1 Å². The summed E-state index contributed by atoms with van der Waals surface area (Å²) in [4.78, 5) is 3.35. The van der Waals surface area contributed by atoms with Gasteiger partial charge in [0.2, 0.25) is 0 Å². The molecule has 1 heterocycles. The van der Waals surface area contributed by atoms with Crippen LogP contribution in [0, 0.1) is 11.3 Å². The van der Waals surface area contributed by atoms with Crippen LogP contribution in [0.1, 0.15) is 23.7 Å². The van der Waals surface area contributed by atoms with Gasteiger partial charge in [0.25, 0.3) is 0 Å². The van der Waals surface area contributed by atoms with Gasteiger partial charge in [-0.3, -0.25) is 0 Å². The third-order valence-corrected chi connectivity index (χ3v) is 3.44. The van der Waals surface area contributed by atoms with Gasteiger partial charge < -0.3 is 15.7 Å². The molecule has 2 rings (SSSR count). The van der Waals surface area contributed by atoms with E-state index in [1.54, 1.807) is 6.21 Å². The number of hydrogen-bond donors (Lipinski definition) is 3. The number of aromatic nitrogens is 1. The first-order valence-corrected chi connectivity index (χ1v) is 5.96. The summed E-state index contributed by atoms with van der Waals surface area (Å²) in [5, 5.41) is 10.7. The summed E-state index contributed by atoms with van der Waals surface area (Å²) in [5.41, 5.74) is 2.26. The lowest BCUT2D eigenvalue weighted by molar-refractivity contribution is 0.462. The molecule has 90 valence electrons. The lowest BCUT2D eigenvalue weighted by atomic mass is 9.82. The maximum absolute atomic E-state index is 7.50. The molecule has 3 nitrogen and oxygen atoms in total. The highest BCUT2D eigenvalue weighted by Gasteiger charge is 2.25. The third-order valence-electron chi connectivity index (χ3n) is 3.44. The number of H-pyrrole nitrogens is 1. The Bertz CT molecular complexity index is 430. The van der Waals surface area contributed by atoms with Crippen molar-refractivity contribution in [3.8, 4) is 0 Å². The molecule has 1 aliphatic rings. The van der Waals surface area contributed by atoms with Gasteiger partial charge in [-0.05, 0) is 31.7 Å². The van der Waals surface area contributed by atoms with Crippen molar-refractivity contribution in [2.75, 3.05) is 7.05 Å². The molecule has 0 radical (unpaired) electrons. The van der Waals surface area contributed by atoms with Crippen molar-refractivity contribution in [2.24, 2.45) is 5.92 Å². The predicted molar refractivity (Wildman–Crippen MR) is 72.5 cm³/mol. The normalized spacial score (nSPS) is 27.9. The van der Waals surface area contributed by atoms with Gasteiger partial charge in [-0.25, -0.2) is 0 Å². The van der Waals surface area contributed by atoms with Crippen molar-refractivity contribution >= 4 is 12.3 Å². The predicted octanol–water partition coefficient (Wildman–Crippen LogP) is 2.55. The Morgan fingerprint density at radius 2 is 2.29 bits per heavy atom. The van der Waals surface area contributed by atoms with Gasteiger partial charge >= 0.3 is 0 Å². The van der Waals surface area contributed by atoms with E-state index in [1.807, 2.05) is 19.2 Å². The molecule has 0 aromatic carbocycles. The van der Waals surface area contributed by atoms with Crippen LogP contribution in [0.5, 0.6) is 0 Å². The fourth-order valence-corrected chi connectivity index (χ4v) is 2.39. The van der Waals surface area contributed by atoms with Crippen LogP contribution in [0.2, 0.25) is 0 Å². The molecule has 17 heavy (non-hydrogen) atoms. The molecule has 1 aromatic heterocycles. The van der Waals surface area contributed by atoms with E-state index >= 15 is 0 Å². The van der Waals surface area contributed by atoms with E-state index in [0.29, 0.717) is 5.92 Å². The number of aromatic amines is 1. The average Bonchev–Trinajstić information content (AvgIpc) is 2.86. The van der Waals surface area contributed by atoms with Gasteiger partial charge in [0.15, 0.2) is 0 Å². The third kappa shape index (κ3) is 2.39. The maximum Gasteiger partial charge on any atom is 0.0376 e. The minimum absolute atomic E-state index is 0.269. The number of rotatable bonds is 4. The zero-order valence-corrected chi connectivity index (χ0v) is 10.1. The highest BCUT2D eigenvalue weighted by Crippen LogP contribution is 2.30. The molecule has 1 aromatic rings. The zero-order valence-electron chi connectivity index (χ0n) is 10.1. The molecule has 0 fully saturated rings. The van der Waals surface area contributed by atoms with Gasteiger partial charge in [-0.2, -0.15) is 0 Å². The van der Waals surface area contributed by atoms with Crippen LogP contribution in [-0.4, -0.2) is 24.3 Å². The maximum atomic E-state index is 7.50. The van der Waals surface area contributed by atoms with E-state index in [4.69, 9.17) is 5.41 Å². The summed E-state index contributed by atoms with van der Waals surface area (Å²) in [6, 6.07) is 4.43. The highest BCUT2D eigenvalue weighted by atomic mass is 14.9. The van der Waals surface area contributed by atoms with Gasteiger partial charge in [0, 0.05) is 35.5 Å². The van der Waals surface area contributed by atoms with Crippen molar-refractivity contribution in [1.29, 1.82) is 5.41 Å². The molecule has 0 amide bonds. The van der Waals surface area contributed by atoms with Crippen LogP contribution in [-0.2, 0) is 0 Å². The Morgan fingerprint density at radius 1 is 1.47 bits per heavy atom. The topological polar surface area (TPSA) is 51.7 Å². The van der Waals surface area contributed by atoms with E-state index < -0.39 is 0 Å². The Hall–Kier alpha value is -1.61. The molecule has 3 heteroatoms. The van der Waals surface area contributed by atoms with Crippen LogP contribution in [0.25, 0.3) is 6.08 Å². The monoisotopic (exact) mass is 229 g/mol. The summed E-state index contributed by atoms with van der Waals surface area (Å²) in [6.45, 7) is 3.75. The Morgan fingerprint density at radius 3 is 2.88 bits per heavy atom. The number of hydrogen-bond acceptors (Lipinski definition) is 2. The molecule has 3 N–H and O–H groups in total. The molecular weight excluding hydrogens is 210 g/mol. The lowest BCUT2D eigenvalue weighted by Crippen LogP contribution is -2.35. The van der Waals surface area contributed by atoms with Gasteiger partial charge in [-0.15, -0.1) is 0 Å². The number of likely N-dealkylation sites (N-methyl/N-ethyl adjacent to an activating group) is 1. The van der Waals surface area contributed by atoms with Crippen molar-refractivity contribution < 1.29 is 0 Å². The Balaban J connectivity index is 2.18. The summed E-state index contributed by atoms with van der Waals surface area (Å²) >= 11 is 0. The van der Waals surface area contributed by atoms with Crippen molar-refractivity contribution in [3.63, 3.8) is 0 Å². The molecule has 0 saturated carbocycles. The van der Waals surface area contributed by atoms with Crippen molar-refractivity contribution in [2.45, 2.75) is 18.4 Å². The summed E-state index contributed by atoms with van der Waals surface area (Å²) in [7, 11) is 1.94. The summed E-state index contributed by atoms with van der Waals surface area (Å²) in [6.07, 6.45) is 8.73. The SMILES string of the molecule is C=Cc1ccc(C2C=CC(NC)C(C=N)C2)[nH]1. The second-order valence-corrected chi connectivity index (χ2v) is 4.45. The van der Waals surface area contributed by atoms with E-state index in [9.17, 15) is 0 Å². The molecule has 3 unspecified atom stereocenters. The van der Waals surface area contributed by atoms with E-state index in [2.05, 4.69) is 35.1 Å². The smallest absolute Gasteiger partial charge is 0.0376 e. The Labute approximate surface area is 102 Å². The largest absolute Gasteiger partial charge is 0.358 e. The fourth-order valence-electron chi connectivity index (χ4n) is 2.39. The van der Waals surface area contributed by atoms with Gasteiger partial charge in [0.1, 0.15) is 0 Å². The van der Waals surface area contributed by atoms with Crippen molar-refractivity contribution in [3.05, 3.63) is 42.3 Å². The second kappa shape index (κ2) is 5.15. The zero-order chi connectivity index (χ0) is 12.3. The second-order valence-electron chi connectivity index (χ2n) is 4.45. The fraction of sp³-hybridized carbons (Fsp3) is 0.357. The van der Waals surface area contributed by atoms with Gasteiger partial charge in [-0.1, -0.05) is 18.7 Å².